The van der Waals surface area contributed by atoms with Gasteiger partial charge in [-0.15, -0.1) is 0 Å². The maximum absolute atomic E-state index is 13.5. The smallest absolute Gasteiger partial charge is 0.138 e. The molecule has 0 spiro atoms. The van der Waals surface area contributed by atoms with Crippen LogP contribution in [0.5, 0.6) is 0 Å². The minimum absolute atomic E-state index is 0.312. The number of nitrogens with one attached hydrogen (secondary N) is 1. The Kier molecular flexibility index (Phi) is 3.24. The molecular formula is C14H10BrFN2S. The number of para-hydroxylation sites is 1. The number of anilines is 1. The van der Waals surface area contributed by atoms with Crippen LogP contribution in [-0.2, 0) is 0 Å². The molecule has 1 aromatic heterocycles. The third kappa shape index (κ3) is 2.48. The number of aromatic nitrogens is 1. The topological polar surface area (TPSA) is 41.8 Å². The first kappa shape index (κ1) is 12.6. The molecule has 0 radical (unpaired) electrons. The maximum atomic E-state index is 13.5. The van der Waals surface area contributed by atoms with Gasteiger partial charge in [-0.3, -0.25) is 0 Å². The molecule has 2 aromatic carbocycles. The number of aromatic amines is 1. The SMILES string of the molecule is Nc1cc(Br)c(F)cc1Sc1cc2ccccc2[nH]1. The quantitative estimate of drug-likeness (QED) is 0.660. The predicted molar refractivity (Wildman–Crippen MR) is 80.9 cm³/mol. The van der Waals surface area contributed by atoms with E-state index in [9.17, 15) is 4.39 Å². The van der Waals surface area contributed by atoms with Gasteiger partial charge in [0.25, 0.3) is 0 Å². The first-order valence-electron chi connectivity index (χ1n) is 5.63. The normalized spacial score (nSPS) is 11.1. The van der Waals surface area contributed by atoms with Gasteiger partial charge in [0.05, 0.1) is 9.50 Å². The molecule has 3 N–H and O–H groups in total. The van der Waals surface area contributed by atoms with Gasteiger partial charge >= 0.3 is 0 Å². The summed E-state index contributed by atoms with van der Waals surface area (Å²) in [6, 6.07) is 13.0. The van der Waals surface area contributed by atoms with Gasteiger partial charge in [0.15, 0.2) is 0 Å². The van der Waals surface area contributed by atoms with Crippen LogP contribution in [0.2, 0.25) is 0 Å². The van der Waals surface area contributed by atoms with E-state index in [0.29, 0.717) is 15.1 Å². The van der Waals surface area contributed by atoms with Crippen molar-refractivity contribution >= 4 is 44.3 Å². The molecule has 96 valence electrons. The van der Waals surface area contributed by atoms with E-state index in [-0.39, 0.29) is 5.82 Å². The van der Waals surface area contributed by atoms with Crippen molar-refractivity contribution in [1.82, 2.24) is 4.98 Å². The number of hydrogen-bond acceptors (Lipinski definition) is 2. The number of rotatable bonds is 2. The summed E-state index contributed by atoms with van der Waals surface area (Å²) in [6.45, 7) is 0. The Morgan fingerprint density at radius 1 is 1.16 bits per heavy atom. The Morgan fingerprint density at radius 2 is 1.95 bits per heavy atom. The van der Waals surface area contributed by atoms with E-state index in [1.807, 2.05) is 30.3 Å². The average Bonchev–Trinajstić information content (AvgIpc) is 2.78. The second-order valence-electron chi connectivity index (χ2n) is 4.13. The van der Waals surface area contributed by atoms with Gasteiger partial charge in [0, 0.05) is 21.5 Å². The molecule has 5 heteroatoms. The van der Waals surface area contributed by atoms with Crippen molar-refractivity contribution in [1.29, 1.82) is 0 Å². The first-order chi connectivity index (χ1) is 9.13. The highest BCUT2D eigenvalue weighted by Crippen LogP contribution is 2.35. The summed E-state index contributed by atoms with van der Waals surface area (Å²) < 4.78 is 13.9. The Bertz CT molecular complexity index is 721. The van der Waals surface area contributed by atoms with Crippen LogP contribution < -0.4 is 5.73 Å². The van der Waals surface area contributed by atoms with Gasteiger partial charge in [0.2, 0.25) is 0 Å². The number of hydrogen-bond donors (Lipinski definition) is 2. The van der Waals surface area contributed by atoms with E-state index in [4.69, 9.17) is 5.73 Å². The highest BCUT2D eigenvalue weighted by atomic mass is 79.9. The molecule has 19 heavy (non-hydrogen) atoms. The van der Waals surface area contributed by atoms with Crippen molar-refractivity contribution < 1.29 is 4.39 Å². The zero-order valence-corrected chi connectivity index (χ0v) is 12.2. The summed E-state index contributed by atoms with van der Waals surface area (Å²) in [5.74, 6) is -0.312. The van der Waals surface area contributed by atoms with E-state index in [1.165, 1.54) is 17.8 Å². The van der Waals surface area contributed by atoms with Crippen LogP contribution in [0.1, 0.15) is 0 Å². The van der Waals surface area contributed by atoms with Crippen molar-refractivity contribution in [3.05, 3.63) is 52.8 Å². The highest BCUT2D eigenvalue weighted by Gasteiger charge is 2.09. The van der Waals surface area contributed by atoms with Crippen molar-refractivity contribution in [3.8, 4) is 0 Å². The number of nitrogen functional groups attached to an aromatic ring is 1. The van der Waals surface area contributed by atoms with Crippen molar-refractivity contribution in [3.63, 3.8) is 0 Å². The molecule has 0 amide bonds. The number of benzene rings is 2. The van der Waals surface area contributed by atoms with Gasteiger partial charge in [-0.1, -0.05) is 30.0 Å². The van der Waals surface area contributed by atoms with Crippen LogP contribution in [-0.4, -0.2) is 4.98 Å². The summed E-state index contributed by atoms with van der Waals surface area (Å²) in [4.78, 5) is 3.98. The lowest BCUT2D eigenvalue weighted by Crippen LogP contribution is -1.91. The zero-order chi connectivity index (χ0) is 13.4. The average molecular weight is 337 g/mol. The Balaban J connectivity index is 1.98. The zero-order valence-electron chi connectivity index (χ0n) is 9.78. The molecule has 0 bridgehead atoms. The van der Waals surface area contributed by atoms with E-state index in [1.54, 1.807) is 6.07 Å². The van der Waals surface area contributed by atoms with Gasteiger partial charge in [-0.2, -0.15) is 0 Å². The summed E-state index contributed by atoms with van der Waals surface area (Å²) in [5.41, 5.74) is 7.51. The van der Waals surface area contributed by atoms with Crippen LogP contribution in [0.25, 0.3) is 10.9 Å². The fourth-order valence-electron chi connectivity index (χ4n) is 1.85. The van der Waals surface area contributed by atoms with Gasteiger partial charge in [-0.05, 0) is 40.2 Å². The lowest BCUT2D eigenvalue weighted by molar-refractivity contribution is 0.618. The Hall–Kier alpha value is -1.46. The van der Waals surface area contributed by atoms with Gasteiger partial charge in [-0.25, -0.2) is 4.39 Å². The first-order valence-corrected chi connectivity index (χ1v) is 7.24. The fraction of sp³-hybridized carbons (Fsp3) is 0. The molecule has 0 aliphatic heterocycles. The summed E-state index contributed by atoms with van der Waals surface area (Å²) >= 11 is 4.54. The molecule has 0 fully saturated rings. The lowest BCUT2D eigenvalue weighted by atomic mass is 10.3. The van der Waals surface area contributed by atoms with Crippen LogP contribution in [0.3, 0.4) is 0 Å². The van der Waals surface area contributed by atoms with Crippen LogP contribution in [0.15, 0.2) is 56.9 Å². The monoisotopic (exact) mass is 336 g/mol. The Morgan fingerprint density at radius 3 is 2.74 bits per heavy atom. The third-order valence-corrected chi connectivity index (χ3v) is 4.40. The highest BCUT2D eigenvalue weighted by molar-refractivity contribution is 9.10. The summed E-state index contributed by atoms with van der Waals surface area (Å²) in [6.07, 6.45) is 0. The van der Waals surface area contributed by atoms with E-state index < -0.39 is 0 Å². The molecule has 0 unspecified atom stereocenters. The molecule has 0 saturated heterocycles. The molecule has 0 aliphatic rings. The number of nitrogens with two attached hydrogens (primary N) is 1. The van der Waals surface area contributed by atoms with Crippen molar-refractivity contribution in [2.75, 3.05) is 5.73 Å². The molecule has 3 aromatic rings. The number of fused-ring (bicyclic) bond motifs is 1. The number of halogens is 2. The molecule has 0 saturated carbocycles. The van der Waals surface area contributed by atoms with Crippen LogP contribution in [0.4, 0.5) is 10.1 Å². The molecule has 3 rings (SSSR count). The molecule has 0 atom stereocenters. The van der Waals surface area contributed by atoms with E-state index >= 15 is 0 Å². The van der Waals surface area contributed by atoms with Crippen molar-refractivity contribution in [2.45, 2.75) is 9.92 Å². The van der Waals surface area contributed by atoms with Crippen LogP contribution >= 0.6 is 27.7 Å². The second-order valence-corrected chi connectivity index (χ2v) is 6.07. The molecule has 0 aliphatic carbocycles. The standard InChI is InChI=1S/C14H10BrFN2S/c15-9-6-11(17)13(7-10(9)16)19-14-5-8-3-1-2-4-12(8)18-14/h1-7,18H,17H2. The van der Waals surface area contributed by atoms with Crippen LogP contribution in [0, 0.1) is 5.82 Å². The fourth-order valence-corrected chi connectivity index (χ4v) is 3.14. The van der Waals surface area contributed by atoms with Gasteiger partial charge in [0.1, 0.15) is 5.82 Å². The van der Waals surface area contributed by atoms with Crippen molar-refractivity contribution in [2.24, 2.45) is 0 Å². The number of H-pyrrole nitrogens is 1. The lowest BCUT2D eigenvalue weighted by Gasteiger charge is -2.05. The van der Waals surface area contributed by atoms with E-state index in [0.717, 1.165) is 15.9 Å². The summed E-state index contributed by atoms with van der Waals surface area (Å²) in [7, 11) is 0. The molecular weight excluding hydrogens is 327 g/mol. The maximum Gasteiger partial charge on any atom is 0.138 e. The third-order valence-electron chi connectivity index (χ3n) is 2.78. The molecule has 1 heterocycles. The van der Waals surface area contributed by atoms with Gasteiger partial charge < -0.3 is 10.7 Å². The largest absolute Gasteiger partial charge is 0.398 e. The summed E-state index contributed by atoms with van der Waals surface area (Å²) in [5, 5.41) is 2.07. The van der Waals surface area contributed by atoms with E-state index in [2.05, 4.69) is 20.9 Å². The Labute approximate surface area is 122 Å². The second kappa shape index (κ2) is 4.90. The minimum atomic E-state index is -0.312. The predicted octanol–water partition coefficient (Wildman–Crippen LogP) is 4.80. The molecule has 2 nitrogen and oxygen atoms in total. The minimum Gasteiger partial charge on any atom is -0.398 e.